The van der Waals surface area contributed by atoms with Gasteiger partial charge in [-0.25, -0.2) is 13.2 Å². The fourth-order valence-corrected chi connectivity index (χ4v) is 4.99. The van der Waals surface area contributed by atoms with Gasteiger partial charge in [-0.1, -0.05) is 12.1 Å². The Kier molecular flexibility index (Phi) is 7.85. The van der Waals surface area contributed by atoms with Gasteiger partial charge in [-0.05, 0) is 91.5 Å². The lowest BCUT2D eigenvalue weighted by atomic mass is 10.0. The second kappa shape index (κ2) is 10.9. The van der Waals surface area contributed by atoms with Gasteiger partial charge in [0.25, 0.3) is 0 Å². The van der Waals surface area contributed by atoms with Crippen molar-refractivity contribution in [3.63, 3.8) is 0 Å². The van der Waals surface area contributed by atoms with Crippen LogP contribution in [0.25, 0.3) is 16.6 Å². The minimum atomic E-state index is -0.592. The van der Waals surface area contributed by atoms with Crippen molar-refractivity contribution in [2.45, 2.75) is 38.3 Å². The second-order valence-electron chi connectivity index (χ2n) is 8.99. The van der Waals surface area contributed by atoms with Crippen molar-refractivity contribution in [1.82, 2.24) is 9.47 Å². The average Bonchev–Trinajstić information content (AvgIpc) is 3.15. The van der Waals surface area contributed by atoms with Crippen molar-refractivity contribution in [2.24, 2.45) is 0 Å². The average molecular weight is 501 g/mol. The van der Waals surface area contributed by atoms with Gasteiger partial charge in [-0.15, -0.1) is 12.4 Å². The first-order valence-electron chi connectivity index (χ1n) is 11.7. The third-order valence-corrected chi connectivity index (χ3v) is 6.73. The summed E-state index contributed by atoms with van der Waals surface area (Å²) in [4.78, 5) is 2.37. The van der Waals surface area contributed by atoms with E-state index in [1.807, 2.05) is 0 Å². The maximum Gasteiger partial charge on any atom is 0.123 e. The number of aliphatic hydroxyl groups is 1. The summed E-state index contributed by atoms with van der Waals surface area (Å²) in [6, 6.07) is 17.3. The molecule has 4 aromatic rings. The first-order chi connectivity index (χ1) is 16.5. The van der Waals surface area contributed by atoms with E-state index < -0.39 is 6.10 Å². The molecule has 0 radical (unpaired) electrons. The van der Waals surface area contributed by atoms with Gasteiger partial charge in [-0.2, -0.15) is 0 Å². The topological polar surface area (TPSA) is 28.4 Å². The molecule has 0 spiro atoms. The van der Waals surface area contributed by atoms with Gasteiger partial charge >= 0.3 is 0 Å². The van der Waals surface area contributed by atoms with E-state index in [1.54, 1.807) is 36.4 Å². The van der Waals surface area contributed by atoms with Crippen molar-refractivity contribution >= 4 is 23.3 Å². The maximum absolute atomic E-state index is 14.1. The molecule has 1 atom stereocenters. The normalized spacial score (nSPS) is 14.5. The SMILES string of the molecule is Cl.OC(CCCCN1CCc2c(c3cc(F)ccc3n2-c2ccc(F)cc2)C1)c1ccc(F)cc1. The number of aliphatic hydroxyl groups excluding tert-OH is 1. The summed E-state index contributed by atoms with van der Waals surface area (Å²) in [5, 5.41) is 11.3. The summed E-state index contributed by atoms with van der Waals surface area (Å²) in [5.41, 5.74) is 4.82. The van der Waals surface area contributed by atoms with E-state index >= 15 is 0 Å². The molecule has 0 aliphatic carbocycles. The van der Waals surface area contributed by atoms with E-state index in [-0.39, 0.29) is 29.9 Å². The number of hydrogen-bond donors (Lipinski definition) is 1. The van der Waals surface area contributed by atoms with Crippen LogP contribution in [-0.4, -0.2) is 27.7 Å². The smallest absolute Gasteiger partial charge is 0.123 e. The molecule has 0 amide bonds. The molecule has 0 saturated heterocycles. The van der Waals surface area contributed by atoms with Gasteiger partial charge in [0.15, 0.2) is 0 Å². The molecule has 7 heteroatoms. The molecule has 0 saturated carbocycles. The molecule has 1 aliphatic rings. The van der Waals surface area contributed by atoms with Crippen LogP contribution in [0.15, 0.2) is 66.7 Å². The summed E-state index contributed by atoms with van der Waals surface area (Å²) in [5.74, 6) is -0.851. The Morgan fingerprint density at radius 1 is 0.829 bits per heavy atom. The van der Waals surface area contributed by atoms with Gasteiger partial charge < -0.3 is 9.67 Å². The fourth-order valence-electron chi connectivity index (χ4n) is 4.99. The monoisotopic (exact) mass is 500 g/mol. The highest BCUT2D eigenvalue weighted by atomic mass is 35.5. The molecule has 1 aromatic heterocycles. The predicted molar refractivity (Wildman–Crippen MR) is 135 cm³/mol. The molecular formula is C28H28ClF3N2O. The number of nitrogens with zero attached hydrogens (tertiary/aromatic N) is 2. The van der Waals surface area contributed by atoms with Gasteiger partial charge in [0.2, 0.25) is 0 Å². The van der Waals surface area contributed by atoms with Crippen LogP contribution in [0.2, 0.25) is 0 Å². The van der Waals surface area contributed by atoms with Crippen molar-refractivity contribution in [1.29, 1.82) is 0 Å². The summed E-state index contributed by atoms with van der Waals surface area (Å²) in [7, 11) is 0. The quantitative estimate of drug-likeness (QED) is 0.285. The van der Waals surface area contributed by atoms with Crippen LogP contribution < -0.4 is 0 Å². The number of aromatic nitrogens is 1. The zero-order valence-electron chi connectivity index (χ0n) is 19.3. The molecule has 35 heavy (non-hydrogen) atoms. The summed E-state index contributed by atoms with van der Waals surface area (Å²) >= 11 is 0. The van der Waals surface area contributed by atoms with Crippen molar-refractivity contribution in [2.75, 3.05) is 13.1 Å². The number of rotatable bonds is 7. The highest BCUT2D eigenvalue weighted by molar-refractivity contribution is 5.87. The first-order valence-corrected chi connectivity index (χ1v) is 11.7. The fraction of sp³-hybridized carbons (Fsp3) is 0.286. The third-order valence-electron chi connectivity index (χ3n) is 6.73. The number of hydrogen-bond acceptors (Lipinski definition) is 2. The maximum atomic E-state index is 14.1. The summed E-state index contributed by atoms with van der Waals surface area (Å²) in [6.07, 6.45) is 2.64. The van der Waals surface area contributed by atoms with E-state index in [0.717, 1.165) is 72.3 Å². The summed E-state index contributed by atoms with van der Waals surface area (Å²) in [6.45, 7) is 2.49. The zero-order valence-corrected chi connectivity index (χ0v) is 20.1. The lowest BCUT2D eigenvalue weighted by molar-refractivity contribution is 0.159. The van der Waals surface area contributed by atoms with E-state index in [9.17, 15) is 18.3 Å². The van der Waals surface area contributed by atoms with Crippen LogP contribution in [0.1, 0.15) is 42.2 Å². The highest BCUT2D eigenvalue weighted by Crippen LogP contribution is 2.34. The van der Waals surface area contributed by atoms with Crippen molar-refractivity contribution < 1.29 is 18.3 Å². The second-order valence-corrected chi connectivity index (χ2v) is 8.99. The largest absolute Gasteiger partial charge is 0.388 e. The molecule has 2 heterocycles. The van der Waals surface area contributed by atoms with E-state index in [2.05, 4.69) is 9.47 Å². The minimum absolute atomic E-state index is 0. The Hall–Kier alpha value is -2.80. The Bertz CT molecular complexity index is 1290. The van der Waals surface area contributed by atoms with Crippen LogP contribution in [0.4, 0.5) is 13.2 Å². The van der Waals surface area contributed by atoms with Crippen LogP contribution in [0, 0.1) is 17.5 Å². The lowest BCUT2D eigenvalue weighted by Crippen LogP contribution is -2.31. The number of halogens is 4. The Labute approximate surface area is 209 Å². The zero-order chi connectivity index (χ0) is 23.7. The van der Waals surface area contributed by atoms with Gasteiger partial charge in [0.05, 0.1) is 11.6 Å². The highest BCUT2D eigenvalue weighted by Gasteiger charge is 2.25. The van der Waals surface area contributed by atoms with Crippen LogP contribution in [0.5, 0.6) is 0 Å². The number of unbranched alkanes of at least 4 members (excludes halogenated alkanes) is 1. The Balaban J connectivity index is 0.00000289. The Morgan fingerprint density at radius 2 is 1.49 bits per heavy atom. The van der Waals surface area contributed by atoms with E-state index in [4.69, 9.17) is 0 Å². The molecule has 3 aromatic carbocycles. The first kappa shape index (κ1) is 25.3. The molecule has 1 N–H and O–H groups in total. The van der Waals surface area contributed by atoms with Crippen molar-refractivity contribution in [3.05, 3.63) is 101 Å². The lowest BCUT2D eigenvalue weighted by Gasteiger charge is -2.28. The van der Waals surface area contributed by atoms with E-state index in [1.165, 1.54) is 30.3 Å². The molecule has 1 aliphatic heterocycles. The van der Waals surface area contributed by atoms with Gasteiger partial charge in [0, 0.05) is 36.3 Å². The van der Waals surface area contributed by atoms with Gasteiger partial charge in [-0.3, -0.25) is 4.90 Å². The molecule has 0 fully saturated rings. The number of fused-ring (bicyclic) bond motifs is 3. The van der Waals surface area contributed by atoms with E-state index in [0.29, 0.717) is 6.42 Å². The van der Waals surface area contributed by atoms with Crippen LogP contribution in [-0.2, 0) is 13.0 Å². The molecule has 3 nitrogen and oxygen atoms in total. The molecular weight excluding hydrogens is 473 g/mol. The van der Waals surface area contributed by atoms with Gasteiger partial charge in [0.1, 0.15) is 17.5 Å². The molecule has 1 unspecified atom stereocenters. The predicted octanol–water partition coefficient (Wildman–Crippen LogP) is 6.73. The minimum Gasteiger partial charge on any atom is -0.388 e. The van der Waals surface area contributed by atoms with Crippen LogP contribution in [0.3, 0.4) is 0 Å². The summed E-state index contributed by atoms with van der Waals surface area (Å²) < 4.78 is 42.8. The molecule has 184 valence electrons. The number of benzene rings is 3. The molecule has 0 bridgehead atoms. The van der Waals surface area contributed by atoms with Crippen molar-refractivity contribution in [3.8, 4) is 5.69 Å². The molecule has 5 rings (SSSR count). The van der Waals surface area contributed by atoms with Crippen LogP contribution >= 0.6 is 12.4 Å². The third kappa shape index (κ3) is 5.40. The standard InChI is InChI=1S/C28H27F3N2O.ClH/c29-20-6-4-19(5-7-20)28(34)3-1-2-15-32-16-14-27-25(18-32)24-17-22(31)10-13-26(24)33(27)23-11-8-21(30)9-12-23;/h4-13,17,28,34H,1-3,14-16,18H2;1H. The Morgan fingerprint density at radius 3 is 2.20 bits per heavy atom.